The molecule has 0 saturated carbocycles. The topological polar surface area (TPSA) is 85.4 Å². The Morgan fingerprint density at radius 3 is 2.82 bits per heavy atom. The Kier molecular flexibility index (Phi) is 4.68. The molecule has 1 aliphatic heterocycles. The van der Waals surface area contributed by atoms with Crippen LogP contribution < -0.4 is 10.1 Å². The zero-order valence-electron chi connectivity index (χ0n) is 15.4. The van der Waals surface area contributed by atoms with Crippen LogP contribution in [0.2, 0.25) is 0 Å². The lowest BCUT2D eigenvalue weighted by molar-refractivity contribution is 0.102. The fourth-order valence-electron chi connectivity index (χ4n) is 3.12. The number of nitrogens with one attached hydrogen (secondary N) is 1. The molecule has 6 nitrogen and oxygen atoms in total. The number of hydrogen-bond acceptors (Lipinski definition) is 6. The molecule has 8 heteroatoms. The van der Waals surface area contributed by atoms with E-state index in [0.29, 0.717) is 17.3 Å². The van der Waals surface area contributed by atoms with Gasteiger partial charge >= 0.3 is 0 Å². The second-order valence-corrected chi connectivity index (χ2v) is 9.51. The van der Waals surface area contributed by atoms with Gasteiger partial charge in [0.1, 0.15) is 5.75 Å². The number of hydrogen-bond donors (Lipinski definition) is 1. The molecule has 28 heavy (non-hydrogen) atoms. The molecular formula is C20H18N2O4S2. The van der Waals surface area contributed by atoms with Crippen LogP contribution in [0.4, 0.5) is 5.13 Å². The van der Waals surface area contributed by atoms with Gasteiger partial charge in [0.2, 0.25) is 0 Å². The van der Waals surface area contributed by atoms with Crippen LogP contribution in [0.1, 0.15) is 21.5 Å². The third-order valence-electron chi connectivity index (χ3n) is 4.56. The van der Waals surface area contributed by atoms with Gasteiger partial charge in [0, 0.05) is 29.2 Å². The van der Waals surface area contributed by atoms with E-state index < -0.39 is 15.7 Å². The van der Waals surface area contributed by atoms with Crippen molar-refractivity contribution in [2.75, 3.05) is 18.2 Å². The molecule has 0 atom stereocenters. The molecule has 4 rings (SSSR count). The fraction of sp³-hybridized carbons (Fsp3) is 0.200. The molecule has 0 fully saturated rings. The highest BCUT2D eigenvalue weighted by molar-refractivity contribution is 7.90. The van der Waals surface area contributed by atoms with Crippen LogP contribution >= 0.6 is 11.3 Å². The highest BCUT2D eigenvalue weighted by atomic mass is 32.2. The second-order valence-electron chi connectivity index (χ2n) is 6.67. The van der Waals surface area contributed by atoms with Gasteiger partial charge in [-0.3, -0.25) is 10.1 Å². The Morgan fingerprint density at radius 2 is 2.04 bits per heavy atom. The van der Waals surface area contributed by atoms with Crippen LogP contribution in [-0.4, -0.2) is 32.2 Å². The predicted octanol–water partition coefficient (Wildman–Crippen LogP) is 3.71. The second kappa shape index (κ2) is 7.03. The zero-order valence-corrected chi connectivity index (χ0v) is 17.0. The molecule has 0 spiro atoms. The molecule has 3 aromatic rings. The molecule has 0 aliphatic carbocycles. The van der Waals surface area contributed by atoms with Gasteiger partial charge in [0.15, 0.2) is 15.0 Å². The summed E-state index contributed by atoms with van der Waals surface area (Å²) in [7, 11) is -3.40. The van der Waals surface area contributed by atoms with Crippen molar-refractivity contribution in [1.29, 1.82) is 0 Å². The van der Waals surface area contributed by atoms with Gasteiger partial charge in [-0.1, -0.05) is 6.07 Å². The van der Waals surface area contributed by atoms with Gasteiger partial charge in [-0.2, -0.15) is 0 Å². The number of rotatable bonds is 4. The van der Waals surface area contributed by atoms with Gasteiger partial charge in [-0.15, -0.1) is 11.3 Å². The first-order valence-corrected chi connectivity index (χ1v) is 11.4. The van der Waals surface area contributed by atoms with Gasteiger partial charge in [-0.05, 0) is 48.4 Å². The van der Waals surface area contributed by atoms with Crippen LogP contribution in [0.25, 0.3) is 11.3 Å². The van der Waals surface area contributed by atoms with Crippen molar-refractivity contribution in [2.45, 2.75) is 18.2 Å². The van der Waals surface area contributed by atoms with Gasteiger partial charge in [-0.25, -0.2) is 13.4 Å². The largest absolute Gasteiger partial charge is 0.493 e. The number of sulfone groups is 1. The van der Waals surface area contributed by atoms with Crippen LogP contribution in [0, 0.1) is 6.92 Å². The quantitative estimate of drug-likeness (QED) is 0.703. The van der Waals surface area contributed by atoms with Crippen LogP contribution in [-0.2, 0) is 16.3 Å². The number of amides is 1. The Balaban J connectivity index is 1.55. The summed E-state index contributed by atoms with van der Waals surface area (Å²) in [5.41, 5.74) is 3.78. The van der Waals surface area contributed by atoms with E-state index in [-0.39, 0.29) is 10.5 Å². The maximum atomic E-state index is 12.5. The smallest absolute Gasteiger partial charge is 0.257 e. The van der Waals surface area contributed by atoms with E-state index in [2.05, 4.69) is 16.4 Å². The van der Waals surface area contributed by atoms with Gasteiger partial charge in [0.25, 0.3) is 5.91 Å². The van der Waals surface area contributed by atoms with Crippen LogP contribution in [0.15, 0.2) is 46.7 Å². The first kappa shape index (κ1) is 18.6. The van der Waals surface area contributed by atoms with E-state index >= 15 is 0 Å². The molecule has 144 valence electrons. The summed E-state index contributed by atoms with van der Waals surface area (Å²) in [6.07, 6.45) is 2.01. The highest BCUT2D eigenvalue weighted by Crippen LogP contribution is 2.32. The fourth-order valence-corrected chi connectivity index (χ4v) is 4.83. The number of carbonyl (C=O) groups is 1. The minimum Gasteiger partial charge on any atom is -0.493 e. The third-order valence-corrected chi connectivity index (χ3v) is 6.56. The summed E-state index contributed by atoms with van der Waals surface area (Å²) in [5.74, 6) is 0.515. The van der Waals surface area contributed by atoms with Crippen molar-refractivity contribution in [3.63, 3.8) is 0 Å². The summed E-state index contributed by atoms with van der Waals surface area (Å²) >= 11 is 1.32. The van der Waals surface area contributed by atoms with Crippen molar-refractivity contribution in [3.8, 4) is 17.0 Å². The number of benzene rings is 2. The Labute approximate surface area is 167 Å². The maximum Gasteiger partial charge on any atom is 0.257 e. The van der Waals surface area contributed by atoms with Crippen molar-refractivity contribution < 1.29 is 17.9 Å². The number of anilines is 1. The zero-order chi connectivity index (χ0) is 19.9. The van der Waals surface area contributed by atoms with E-state index in [4.69, 9.17) is 4.74 Å². The van der Waals surface area contributed by atoms with E-state index in [1.807, 2.05) is 17.5 Å². The monoisotopic (exact) mass is 414 g/mol. The van der Waals surface area contributed by atoms with E-state index in [0.717, 1.165) is 35.2 Å². The maximum absolute atomic E-state index is 12.5. The Bertz CT molecular complexity index is 1180. The Hall–Kier alpha value is -2.71. The highest BCUT2D eigenvalue weighted by Gasteiger charge is 2.17. The lowest BCUT2D eigenvalue weighted by atomic mass is 10.1. The molecule has 0 radical (unpaired) electrons. The van der Waals surface area contributed by atoms with E-state index in [1.54, 1.807) is 19.1 Å². The number of fused-ring (bicyclic) bond motifs is 1. The van der Waals surface area contributed by atoms with Crippen molar-refractivity contribution >= 4 is 32.2 Å². The van der Waals surface area contributed by atoms with Crippen molar-refractivity contribution in [1.82, 2.24) is 4.98 Å². The number of aromatic nitrogens is 1. The summed E-state index contributed by atoms with van der Waals surface area (Å²) in [5, 5.41) is 5.08. The lowest BCUT2D eigenvalue weighted by Gasteiger charge is -2.07. The number of thiazole rings is 1. The first-order chi connectivity index (χ1) is 13.3. The number of carbonyl (C=O) groups excluding carboxylic acids is 1. The standard InChI is InChI=1S/C20H18N2O4S2/c1-12-3-4-15(10-18(12)28(2,24)25)19(23)22-20-21-16(11-27-20)13-5-6-17-14(9-13)7-8-26-17/h3-6,9-11H,7-8H2,1-2H3,(H,21,22,23). The molecular weight excluding hydrogens is 396 g/mol. The normalized spacial score (nSPS) is 13.1. The Morgan fingerprint density at radius 1 is 1.21 bits per heavy atom. The molecule has 1 aliphatic rings. The average Bonchev–Trinajstić information content (AvgIpc) is 3.29. The average molecular weight is 415 g/mol. The molecule has 1 aromatic heterocycles. The van der Waals surface area contributed by atoms with Gasteiger partial charge in [0.05, 0.1) is 17.2 Å². The number of aryl methyl sites for hydroxylation is 1. The summed E-state index contributed by atoms with van der Waals surface area (Å²) < 4.78 is 29.3. The molecule has 1 amide bonds. The predicted molar refractivity (Wildman–Crippen MR) is 109 cm³/mol. The third kappa shape index (κ3) is 3.65. The van der Waals surface area contributed by atoms with Crippen LogP contribution in [0.5, 0.6) is 5.75 Å². The van der Waals surface area contributed by atoms with Crippen molar-refractivity contribution in [2.24, 2.45) is 0 Å². The molecule has 1 N–H and O–H groups in total. The molecule has 0 unspecified atom stereocenters. The summed E-state index contributed by atoms with van der Waals surface area (Å²) in [6, 6.07) is 10.6. The number of ether oxygens (including phenoxy) is 1. The summed E-state index contributed by atoms with van der Waals surface area (Å²) in [4.78, 5) is 17.2. The van der Waals surface area contributed by atoms with E-state index in [9.17, 15) is 13.2 Å². The summed E-state index contributed by atoms with van der Waals surface area (Å²) in [6.45, 7) is 2.40. The van der Waals surface area contributed by atoms with Gasteiger partial charge < -0.3 is 4.74 Å². The van der Waals surface area contributed by atoms with Crippen LogP contribution in [0.3, 0.4) is 0 Å². The molecule has 0 bridgehead atoms. The van der Waals surface area contributed by atoms with Crippen molar-refractivity contribution in [3.05, 3.63) is 58.5 Å². The van der Waals surface area contributed by atoms with E-state index in [1.165, 1.54) is 17.4 Å². The molecule has 2 aromatic carbocycles. The first-order valence-electron chi connectivity index (χ1n) is 8.65. The molecule has 2 heterocycles. The lowest BCUT2D eigenvalue weighted by Crippen LogP contribution is -2.13. The molecule has 0 saturated heterocycles. The minimum atomic E-state index is -3.40. The minimum absolute atomic E-state index is 0.153. The number of nitrogens with zero attached hydrogens (tertiary/aromatic N) is 1. The SMILES string of the molecule is Cc1ccc(C(=O)Nc2nc(-c3ccc4c(c3)CCO4)cs2)cc1S(C)(=O)=O.